The molecule has 0 aromatic carbocycles. The number of nitrogens with two attached hydrogens (primary N) is 1. The van der Waals surface area contributed by atoms with Crippen molar-refractivity contribution in [1.29, 1.82) is 0 Å². The van der Waals surface area contributed by atoms with E-state index in [-0.39, 0.29) is 11.9 Å². The van der Waals surface area contributed by atoms with Crippen LogP contribution in [0.3, 0.4) is 0 Å². The van der Waals surface area contributed by atoms with Crippen LogP contribution in [0.1, 0.15) is 26.1 Å². The van der Waals surface area contributed by atoms with Gasteiger partial charge in [0.15, 0.2) is 0 Å². The summed E-state index contributed by atoms with van der Waals surface area (Å²) in [4.78, 5) is 16.3. The van der Waals surface area contributed by atoms with Gasteiger partial charge >= 0.3 is 0 Å². The molecule has 1 atom stereocenters. The summed E-state index contributed by atoms with van der Waals surface area (Å²) in [6.45, 7) is 8.46. The Hall–Kier alpha value is -1.47. The number of nitrogens with zero attached hydrogens (tertiary/aromatic N) is 5. The molecule has 112 valence electrons. The van der Waals surface area contributed by atoms with Gasteiger partial charge in [-0.1, -0.05) is 0 Å². The number of hydrogen-bond acceptors (Lipinski definition) is 5. The van der Waals surface area contributed by atoms with Crippen LogP contribution in [-0.4, -0.2) is 62.7 Å². The molecule has 1 amide bonds. The van der Waals surface area contributed by atoms with Gasteiger partial charge in [-0.05, 0) is 13.8 Å². The molecule has 2 heterocycles. The van der Waals surface area contributed by atoms with Crippen molar-refractivity contribution in [1.82, 2.24) is 24.6 Å². The summed E-state index contributed by atoms with van der Waals surface area (Å²) in [5, 5.41) is 8.02. The molecule has 1 aliphatic heterocycles. The van der Waals surface area contributed by atoms with Crippen LogP contribution >= 0.6 is 0 Å². The van der Waals surface area contributed by atoms with Crippen LogP contribution in [0.25, 0.3) is 0 Å². The van der Waals surface area contributed by atoms with Gasteiger partial charge in [0.05, 0.1) is 6.54 Å². The molecule has 7 heteroatoms. The van der Waals surface area contributed by atoms with Gasteiger partial charge < -0.3 is 15.2 Å². The number of fused-ring (bicyclic) bond motifs is 1. The summed E-state index contributed by atoms with van der Waals surface area (Å²) in [5.74, 6) is 1.13. The SMILES string of the molecule is CCN(CC)C(=O)CC(CN)N1CCn2cnnc2C1. The highest BCUT2D eigenvalue weighted by Crippen LogP contribution is 2.15. The lowest BCUT2D eigenvalue weighted by Gasteiger charge is -2.34. The van der Waals surface area contributed by atoms with E-state index in [9.17, 15) is 4.79 Å². The molecule has 0 bridgehead atoms. The van der Waals surface area contributed by atoms with Crippen molar-refractivity contribution in [2.45, 2.75) is 39.4 Å². The van der Waals surface area contributed by atoms with Crippen LogP contribution in [0.4, 0.5) is 0 Å². The van der Waals surface area contributed by atoms with Gasteiger partial charge in [-0.25, -0.2) is 0 Å². The van der Waals surface area contributed by atoms with E-state index in [0.29, 0.717) is 19.5 Å². The molecule has 1 aromatic rings. The van der Waals surface area contributed by atoms with E-state index in [0.717, 1.165) is 32.0 Å². The van der Waals surface area contributed by atoms with Crippen LogP contribution in [0.15, 0.2) is 6.33 Å². The third-order valence-electron chi connectivity index (χ3n) is 3.98. The summed E-state index contributed by atoms with van der Waals surface area (Å²) in [5.41, 5.74) is 5.88. The number of amides is 1. The largest absolute Gasteiger partial charge is 0.343 e. The molecular weight excluding hydrogens is 256 g/mol. The van der Waals surface area contributed by atoms with Crippen LogP contribution in [0, 0.1) is 0 Å². The minimum absolute atomic E-state index is 0.0774. The Morgan fingerprint density at radius 3 is 2.85 bits per heavy atom. The molecule has 0 saturated carbocycles. The zero-order valence-corrected chi connectivity index (χ0v) is 12.3. The summed E-state index contributed by atoms with van der Waals surface area (Å²) < 4.78 is 2.05. The van der Waals surface area contributed by atoms with Crippen molar-refractivity contribution in [3.63, 3.8) is 0 Å². The maximum absolute atomic E-state index is 12.2. The Morgan fingerprint density at radius 2 is 2.20 bits per heavy atom. The third-order valence-corrected chi connectivity index (χ3v) is 3.98. The molecule has 0 aliphatic carbocycles. The molecule has 7 nitrogen and oxygen atoms in total. The highest BCUT2D eigenvalue weighted by Gasteiger charge is 2.26. The van der Waals surface area contributed by atoms with Gasteiger partial charge in [-0.15, -0.1) is 10.2 Å². The zero-order chi connectivity index (χ0) is 14.5. The van der Waals surface area contributed by atoms with E-state index in [4.69, 9.17) is 5.73 Å². The van der Waals surface area contributed by atoms with Gasteiger partial charge in [-0.2, -0.15) is 0 Å². The number of carbonyl (C=O) groups excluding carboxylic acids is 1. The minimum atomic E-state index is 0.0774. The van der Waals surface area contributed by atoms with Crippen molar-refractivity contribution in [2.24, 2.45) is 5.73 Å². The van der Waals surface area contributed by atoms with Crippen molar-refractivity contribution in [3.8, 4) is 0 Å². The average Bonchev–Trinajstić information content (AvgIpc) is 2.93. The van der Waals surface area contributed by atoms with Gasteiger partial charge in [0.1, 0.15) is 12.2 Å². The Balaban J connectivity index is 1.97. The Bertz CT molecular complexity index is 442. The second kappa shape index (κ2) is 6.81. The Kier molecular flexibility index (Phi) is 5.08. The van der Waals surface area contributed by atoms with E-state index in [1.165, 1.54) is 0 Å². The van der Waals surface area contributed by atoms with Gasteiger partial charge in [0.25, 0.3) is 0 Å². The Morgan fingerprint density at radius 1 is 1.45 bits per heavy atom. The second-order valence-electron chi connectivity index (χ2n) is 5.07. The molecule has 1 unspecified atom stereocenters. The van der Waals surface area contributed by atoms with E-state index in [1.54, 1.807) is 6.33 Å². The fraction of sp³-hybridized carbons (Fsp3) is 0.769. The molecular formula is C13H24N6O. The number of hydrogen-bond donors (Lipinski definition) is 1. The van der Waals surface area contributed by atoms with E-state index in [2.05, 4.69) is 19.7 Å². The van der Waals surface area contributed by atoms with Gasteiger partial charge in [0, 0.05) is 45.2 Å². The van der Waals surface area contributed by atoms with Crippen molar-refractivity contribution >= 4 is 5.91 Å². The van der Waals surface area contributed by atoms with Gasteiger partial charge in [0.2, 0.25) is 5.91 Å². The number of carbonyl (C=O) groups is 1. The number of rotatable bonds is 6. The summed E-state index contributed by atoms with van der Waals surface area (Å²) >= 11 is 0. The van der Waals surface area contributed by atoms with Crippen LogP contribution in [0.5, 0.6) is 0 Å². The van der Waals surface area contributed by atoms with E-state index >= 15 is 0 Å². The van der Waals surface area contributed by atoms with Crippen LogP contribution in [0.2, 0.25) is 0 Å². The standard InChI is InChI=1S/C13H24N6O/c1-3-17(4-2)13(20)7-11(8-14)18-5-6-19-10-15-16-12(19)9-18/h10-11H,3-9,14H2,1-2H3. The maximum Gasteiger partial charge on any atom is 0.224 e. The predicted octanol–water partition coefficient (Wildman–Crippen LogP) is -0.320. The Labute approximate surface area is 119 Å². The van der Waals surface area contributed by atoms with E-state index < -0.39 is 0 Å². The molecule has 2 N–H and O–H groups in total. The first-order valence-corrected chi connectivity index (χ1v) is 7.28. The highest BCUT2D eigenvalue weighted by molar-refractivity contribution is 5.76. The lowest BCUT2D eigenvalue weighted by atomic mass is 10.1. The monoisotopic (exact) mass is 280 g/mol. The lowest BCUT2D eigenvalue weighted by Crippen LogP contribution is -2.47. The first kappa shape index (κ1) is 14.9. The van der Waals surface area contributed by atoms with Gasteiger partial charge in [-0.3, -0.25) is 9.69 Å². The maximum atomic E-state index is 12.2. The molecule has 0 saturated heterocycles. The van der Waals surface area contributed by atoms with Crippen molar-refractivity contribution in [2.75, 3.05) is 26.2 Å². The van der Waals surface area contributed by atoms with Crippen molar-refractivity contribution < 1.29 is 4.79 Å². The topological polar surface area (TPSA) is 80.3 Å². The van der Waals surface area contributed by atoms with Crippen molar-refractivity contribution in [3.05, 3.63) is 12.2 Å². The molecule has 0 fully saturated rings. The smallest absolute Gasteiger partial charge is 0.224 e. The summed E-state index contributed by atoms with van der Waals surface area (Å²) in [7, 11) is 0. The molecule has 1 aromatic heterocycles. The highest BCUT2D eigenvalue weighted by atomic mass is 16.2. The summed E-state index contributed by atoms with van der Waals surface area (Å²) in [6, 6.07) is 0.0774. The fourth-order valence-electron chi connectivity index (χ4n) is 2.67. The van der Waals surface area contributed by atoms with Crippen LogP contribution < -0.4 is 5.73 Å². The molecule has 2 rings (SSSR count). The first-order chi connectivity index (χ1) is 9.69. The second-order valence-corrected chi connectivity index (χ2v) is 5.07. The molecule has 0 spiro atoms. The minimum Gasteiger partial charge on any atom is -0.343 e. The molecule has 20 heavy (non-hydrogen) atoms. The third kappa shape index (κ3) is 3.16. The average molecular weight is 280 g/mol. The van der Waals surface area contributed by atoms with E-state index in [1.807, 2.05) is 18.7 Å². The molecule has 1 aliphatic rings. The quantitative estimate of drug-likeness (QED) is 0.772. The summed E-state index contributed by atoms with van der Waals surface area (Å²) in [6.07, 6.45) is 2.23. The fourth-order valence-corrected chi connectivity index (χ4v) is 2.67. The number of aromatic nitrogens is 3. The predicted molar refractivity (Wildman–Crippen MR) is 75.8 cm³/mol. The lowest BCUT2D eigenvalue weighted by molar-refractivity contribution is -0.132. The molecule has 0 radical (unpaired) electrons. The zero-order valence-electron chi connectivity index (χ0n) is 12.3. The van der Waals surface area contributed by atoms with Crippen LogP contribution in [-0.2, 0) is 17.9 Å². The first-order valence-electron chi connectivity index (χ1n) is 7.28. The normalized spacial score (nSPS) is 16.8.